The molecule has 14 heteroatoms. The summed E-state index contributed by atoms with van der Waals surface area (Å²) in [6.45, 7) is 19.4. The van der Waals surface area contributed by atoms with Crippen LogP contribution in [0, 0.1) is 34.3 Å². The number of esters is 2. The van der Waals surface area contributed by atoms with Gasteiger partial charge < -0.3 is 47.4 Å². The molecule has 476 valence electrons. The summed E-state index contributed by atoms with van der Waals surface area (Å²) in [7, 11) is 6.43. The summed E-state index contributed by atoms with van der Waals surface area (Å²) in [4.78, 5) is 24.7. The van der Waals surface area contributed by atoms with Crippen molar-refractivity contribution in [2.45, 2.75) is 144 Å². The van der Waals surface area contributed by atoms with E-state index in [-0.39, 0.29) is 58.4 Å². The number of rotatable bonds is 32. The molecule has 88 heavy (non-hydrogen) atoms. The van der Waals surface area contributed by atoms with Crippen molar-refractivity contribution in [2.24, 2.45) is 22.7 Å². The summed E-state index contributed by atoms with van der Waals surface area (Å²) in [6, 6.07) is 37.5. The van der Waals surface area contributed by atoms with Gasteiger partial charge in [-0.3, -0.25) is 9.59 Å². The Bertz CT molecular complexity index is 2960. The van der Waals surface area contributed by atoms with E-state index >= 15 is 8.78 Å². The quantitative estimate of drug-likeness (QED) is 0.0295. The lowest BCUT2D eigenvalue weighted by Gasteiger charge is -2.33. The number of ether oxygens (including phenoxy) is 10. The molecule has 8 rings (SSSR count). The van der Waals surface area contributed by atoms with Gasteiger partial charge in [-0.1, -0.05) is 116 Å². The number of carbonyl (C=O) groups excluding carboxylic acids is 2. The summed E-state index contributed by atoms with van der Waals surface area (Å²) in [5, 5.41) is 0. The van der Waals surface area contributed by atoms with Gasteiger partial charge in [-0.25, -0.2) is 8.78 Å². The van der Waals surface area contributed by atoms with Gasteiger partial charge in [0.05, 0.1) is 78.9 Å². The summed E-state index contributed by atoms with van der Waals surface area (Å²) < 4.78 is 87.7. The second kappa shape index (κ2) is 33.1. The second-order valence-corrected chi connectivity index (χ2v) is 25.2. The first kappa shape index (κ1) is 68.6. The van der Waals surface area contributed by atoms with Crippen molar-refractivity contribution in [3.63, 3.8) is 0 Å². The third kappa shape index (κ3) is 20.6. The van der Waals surface area contributed by atoms with Crippen LogP contribution in [0.1, 0.15) is 164 Å². The van der Waals surface area contributed by atoms with Crippen LogP contribution in [0.5, 0.6) is 23.0 Å². The normalized spacial score (nSPS) is 14.6. The fourth-order valence-electron chi connectivity index (χ4n) is 11.2. The van der Waals surface area contributed by atoms with E-state index in [4.69, 9.17) is 47.4 Å². The van der Waals surface area contributed by atoms with Crippen LogP contribution in [0.15, 0.2) is 121 Å². The Morgan fingerprint density at radius 2 is 0.875 bits per heavy atom. The Balaban J connectivity index is 0.000000251. The van der Waals surface area contributed by atoms with Crippen LogP contribution in [0.4, 0.5) is 8.78 Å². The zero-order valence-electron chi connectivity index (χ0n) is 54.0. The lowest BCUT2D eigenvalue weighted by Crippen LogP contribution is -2.24. The minimum absolute atomic E-state index is 0.102. The van der Waals surface area contributed by atoms with E-state index in [1.165, 1.54) is 37.8 Å². The molecular formula is C74H94F2O12. The van der Waals surface area contributed by atoms with E-state index in [0.29, 0.717) is 100 Å². The largest absolute Gasteiger partial charge is 0.497 e. The van der Waals surface area contributed by atoms with E-state index < -0.39 is 0 Å². The predicted molar refractivity (Wildman–Crippen MR) is 341 cm³/mol. The monoisotopic (exact) mass is 1210 g/mol. The van der Waals surface area contributed by atoms with E-state index in [9.17, 15) is 9.59 Å². The molecular weight excluding hydrogens is 1120 g/mol. The molecule has 4 atom stereocenters. The van der Waals surface area contributed by atoms with Gasteiger partial charge in [0.25, 0.3) is 0 Å². The van der Waals surface area contributed by atoms with Crippen molar-refractivity contribution < 1.29 is 65.7 Å². The SMILES string of the molecule is CCOC(=O)C[C@H](CC1CC1)c1cccc(OCc2ccc(-c3cc(OC)ccc3F)c([C@@H](OCCOC)C(C)(C)C)c2)c1.CCOC(=O)C[C@H](CC1CC1)c1cccc(OCc2ccc(-c3cc(OC)ccc3F)c([C@H](OCCOC)C(C)(C)C)c2)c1. The first-order valence-electron chi connectivity index (χ1n) is 31.2. The van der Waals surface area contributed by atoms with E-state index in [1.54, 1.807) is 52.7 Å². The van der Waals surface area contributed by atoms with Crippen molar-refractivity contribution in [3.8, 4) is 45.3 Å². The molecule has 0 bridgehead atoms. The molecule has 2 aliphatic rings. The summed E-state index contributed by atoms with van der Waals surface area (Å²) in [5.41, 5.74) is 7.59. The van der Waals surface area contributed by atoms with Crippen LogP contribution in [-0.4, -0.2) is 80.0 Å². The third-order valence-electron chi connectivity index (χ3n) is 16.0. The van der Waals surface area contributed by atoms with Crippen LogP contribution < -0.4 is 18.9 Å². The zero-order valence-corrected chi connectivity index (χ0v) is 54.0. The van der Waals surface area contributed by atoms with Crippen molar-refractivity contribution in [1.29, 1.82) is 0 Å². The molecule has 2 fully saturated rings. The molecule has 6 aromatic carbocycles. The maximum absolute atomic E-state index is 15.2. The van der Waals surface area contributed by atoms with Gasteiger partial charge in [0.1, 0.15) is 47.8 Å². The van der Waals surface area contributed by atoms with Crippen LogP contribution in [0.25, 0.3) is 22.3 Å². The molecule has 0 amide bonds. The van der Waals surface area contributed by atoms with Crippen molar-refractivity contribution >= 4 is 11.9 Å². The first-order chi connectivity index (χ1) is 42.2. The van der Waals surface area contributed by atoms with Gasteiger partial charge >= 0.3 is 11.9 Å². The number of halogens is 2. The molecule has 12 nitrogen and oxygen atoms in total. The first-order valence-corrected chi connectivity index (χ1v) is 31.2. The number of benzene rings is 6. The number of hydrogen-bond donors (Lipinski definition) is 0. The molecule has 0 radical (unpaired) electrons. The molecule has 0 aliphatic heterocycles. The number of methoxy groups -OCH3 is 4. The molecule has 0 saturated heterocycles. The Morgan fingerprint density at radius 3 is 1.22 bits per heavy atom. The zero-order chi connectivity index (χ0) is 63.4. The Kier molecular flexibility index (Phi) is 25.8. The predicted octanol–water partition coefficient (Wildman–Crippen LogP) is 17.3. The van der Waals surface area contributed by atoms with Gasteiger partial charge in [-0.15, -0.1) is 0 Å². The van der Waals surface area contributed by atoms with Gasteiger partial charge in [-0.2, -0.15) is 0 Å². The smallest absolute Gasteiger partial charge is 0.306 e. The Hall–Kier alpha value is -6.84. The average Bonchev–Trinajstić information content (AvgIpc) is 1.82. The number of hydrogen-bond acceptors (Lipinski definition) is 12. The maximum atomic E-state index is 15.2. The van der Waals surface area contributed by atoms with Crippen molar-refractivity contribution in [2.75, 3.05) is 68.1 Å². The molecule has 2 aliphatic carbocycles. The highest BCUT2D eigenvalue weighted by atomic mass is 19.1. The van der Waals surface area contributed by atoms with Crippen LogP contribution in [0.2, 0.25) is 0 Å². The van der Waals surface area contributed by atoms with Crippen molar-refractivity contribution in [1.82, 2.24) is 0 Å². The molecule has 0 N–H and O–H groups in total. The van der Waals surface area contributed by atoms with Crippen LogP contribution >= 0.6 is 0 Å². The summed E-state index contributed by atoms with van der Waals surface area (Å²) >= 11 is 0. The highest BCUT2D eigenvalue weighted by Crippen LogP contribution is 2.46. The molecule has 0 spiro atoms. The lowest BCUT2D eigenvalue weighted by atomic mass is 9.81. The minimum atomic E-state index is -0.340. The van der Waals surface area contributed by atoms with E-state index in [0.717, 1.165) is 68.8 Å². The lowest BCUT2D eigenvalue weighted by molar-refractivity contribution is -0.144. The fraction of sp³-hybridized carbons (Fsp3) is 0.486. The minimum Gasteiger partial charge on any atom is -0.497 e. The van der Waals surface area contributed by atoms with Crippen LogP contribution in [-0.2, 0) is 51.2 Å². The van der Waals surface area contributed by atoms with Crippen LogP contribution in [0.3, 0.4) is 0 Å². The second-order valence-electron chi connectivity index (χ2n) is 25.2. The van der Waals surface area contributed by atoms with E-state index in [2.05, 4.69) is 65.8 Å². The van der Waals surface area contributed by atoms with Gasteiger partial charge in [0, 0.05) is 25.3 Å². The standard InChI is InChI=1S/2C37H47FO6/c2*1-7-42-35(39)22-28(19-25-11-12-25)27-9-8-10-30(21-27)44-24-26-13-15-31(32-23-29(41-6)14-16-34(32)38)33(20-26)36(37(2,3)4)43-18-17-40-5/h2*8-10,13-16,20-21,23,25,28,36H,7,11-12,17-19,22,24H2,1-6H3/t28-,36+;28-,36-/m00/s1. The molecule has 0 unspecified atom stereocenters. The van der Waals surface area contributed by atoms with E-state index in [1.807, 2.05) is 74.5 Å². The molecule has 0 heterocycles. The highest BCUT2D eigenvalue weighted by Gasteiger charge is 2.34. The summed E-state index contributed by atoms with van der Waals surface area (Å²) in [5.74, 6) is 3.19. The van der Waals surface area contributed by atoms with Gasteiger partial charge in [0.2, 0.25) is 0 Å². The third-order valence-corrected chi connectivity index (χ3v) is 16.0. The fourth-order valence-corrected chi connectivity index (χ4v) is 11.2. The average molecular weight is 1210 g/mol. The molecule has 2 saturated carbocycles. The van der Waals surface area contributed by atoms with Crippen molar-refractivity contribution in [3.05, 3.63) is 166 Å². The van der Waals surface area contributed by atoms with Gasteiger partial charge in [-0.05, 0) is 178 Å². The number of carbonyl (C=O) groups is 2. The Morgan fingerprint density at radius 1 is 0.477 bits per heavy atom. The highest BCUT2D eigenvalue weighted by molar-refractivity contribution is 5.73. The molecule has 6 aromatic rings. The Labute approximate surface area is 521 Å². The summed E-state index contributed by atoms with van der Waals surface area (Å²) in [6.07, 6.45) is 6.90. The molecule has 0 aromatic heterocycles. The maximum Gasteiger partial charge on any atom is 0.306 e. The van der Waals surface area contributed by atoms with Gasteiger partial charge in [0.15, 0.2) is 0 Å². The topological polar surface area (TPSA) is 126 Å².